The molecule has 0 aliphatic carbocycles. The predicted molar refractivity (Wildman–Crippen MR) is 79.7 cm³/mol. The van der Waals surface area contributed by atoms with E-state index in [9.17, 15) is 26.3 Å². The Morgan fingerprint density at radius 2 is 1.36 bits per heavy atom. The first kappa shape index (κ1) is 19.6. The topological polar surface area (TPSA) is 0 Å². The van der Waals surface area contributed by atoms with E-state index in [2.05, 4.69) is 0 Å². The molecule has 0 aliphatic heterocycles. The molecule has 0 aromatic heterocycles. The van der Waals surface area contributed by atoms with Crippen molar-refractivity contribution in [3.05, 3.63) is 65.2 Å². The molecule has 0 fully saturated rings. The minimum Gasteiger partial charge on any atom is -0.166 e. The molecule has 0 saturated carbocycles. The van der Waals surface area contributed by atoms with Gasteiger partial charge in [-0.25, -0.2) is 0 Å². The summed E-state index contributed by atoms with van der Waals surface area (Å²) in [4.78, 5) is 0. The summed E-state index contributed by atoms with van der Waals surface area (Å²) in [5, 5.41) is 1.40. The van der Waals surface area contributed by atoms with Crippen LogP contribution in [0.3, 0.4) is 0 Å². The monoisotopic (exact) mass is 348 g/mol. The first-order chi connectivity index (χ1) is 11.1. The Kier molecular flexibility index (Phi) is 5.09. The van der Waals surface area contributed by atoms with Crippen LogP contribution in [0.15, 0.2) is 48.5 Å². The molecule has 7 heteroatoms. The number of fused-ring (bicyclic) bond motifs is 1. The van der Waals surface area contributed by atoms with Gasteiger partial charge < -0.3 is 0 Å². The Morgan fingerprint density at radius 3 is 1.88 bits per heavy atom. The number of hydrogen-bond acceptors (Lipinski definition) is 0. The Labute approximate surface area is 152 Å². The van der Waals surface area contributed by atoms with Gasteiger partial charge in [-0.05, 0) is 23.8 Å². The van der Waals surface area contributed by atoms with Crippen LogP contribution in [-0.4, -0.2) is 0 Å². The zero-order chi connectivity index (χ0) is 17.7. The fourth-order valence-electron chi connectivity index (χ4n) is 2.75. The smallest absolute Gasteiger partial charge is 0.166 e. The molecule has 0 nitrogen and oxygen atoms in total. The van der Waals surface area contributed by atoms with Crippen molar-refractivity contribution in [2.75, 3.05) is 0 Å². The summed E-state index contributed by atoms with van der Waals surface area (Å²) in [6.45, 7) is 1.82. The average molecular weight is 348 g/mol. The van der Waals surface area contributed by atoms with E-state index in [-0.39, 0.29) is 30.5 Å². The molecule has 3 rings (SSSR count). The third-order valence-corrected chi connectivity index (χ3v) is 3.79. The van der Waals surface area contributed by atoms with Crippen molar-refractivity contribution in [3.8, 4) is 11.1 Å². The van der Waals surface area contributed by atoms with Crippen LogP contribution in [0.4, 0.5) is 26.3 Å². The minimum absolute atomic E-state index is 0. The number of aryl methyl sites for hydroxylation is 1. The van der Waals surface area contributed by atoms with Crippen LogP contribution in [0.2, 0.25) is 0 Å². The van der Waals surface area contributed by atoms with Gasteiger partial charge in [0.2, 0.25) is 0 Å². The van der Waals surface area contributed by atoms with Crippen molar-refractivity contribution in [2.24, 2.45) is 0 Å². The molecule has 126 valence electrons. The van der Waals surface area contributed by atoms with Gasteiger partial charge in [-0.2, -0.15) is 32.4 Å². The molecule has 0 N–H and O–H groups in total. The van der Waals surface area contributed by atoms with Gasteiger partial charge in [0, 0.05) is 0 Å². The normalized spacial score (nSPS) is 12.3. The number of benzene rings is 2. The summed E-state index contributed by atoms with van der Waals surface area (Å²) in [7, 11) is 0. The van der Waals surface area contributed by atoms with Gasteiger partial charge in [0.05, 0.1) is 11.1 Å². The predicted octanol–water partition coefficient (Wildman–Crippen LogP) is 3.58. The average Bonchev–Trinajstić information content (AvgIpc) is 2.84. The largest absolute Gasteiger partial charge is 1.00 e. The van der Waals surface area contributed by atoms with E-state index in [4.69, 9.17) is 0 Å². The summed E-state index contributed by atoms with van der Waals surface area (Å²) in [5.74, 6) is 0. The minimum atomic E-state index is -4.86. The molecule has 0 amide bonds. The third-order valence-electron chi connectivity index (χ3n) is 3.79. The Balaban J connectivity index is 0.00000225. The molecule has 0 heterocycles. The van der Waals surface area contributed by atoms with Crippen molar-refractivity contribution in [1.29, 1.82) is 0 Å². The number of alkyl halides is 6. The van der Waals surface area contributed by atoms with Crippen LogP contribution >= 0.6 is 0 Å². The van der Waals surface area contributed by atoms with E-state index >= 15 is 0 Å². The molecule has 0 spiro atoms. The maximum absolute atomic E-state index is 13.0. The Bertz CT molecular complexity index is 870. The van der Waals surface area contributed by atoms with E-state index < -0.39 is 23.5 Å². The summed E-state index contributed by atoms with van der Waals surface area (Å²) >= 11 is 0. The molecule has 0 radical (unpaired) electrons. The van der Waals surface area contributed by atoms with Crippen LogP contribution in [0.5, 0.6) is 0 Å². The standard InChI is InChI=1S/C18H11F6.Li/c1-10-5-11-3-2-4-15(16(11)6-10)12-7-13(17(19,20)21)9-14(8-12)18(22,23)24;/h2-9H,1H3;/q-1;+1. The molecule has 0 atom stereocenters. The zero-order valence-electron chi connectivity index (χ0n) is 13.4. The van der Waals surface area contributed by atoms with Crippen LogP contribution < -0.4 is 18.9 Å². The summed E-state index contributed by atoms with van der Waals surface area (Å²) in [6, 6.07) is 10.1. The van der Waals surface area contributed by atoms with Gasteiger partial charge in [0.15, 0.2) is 0 Å². The summed E-state index contributed by atoms with van der Waals surface area (Å²) in [6.07, 6.45) is -9.71. The second kappa shape index (κ2) is 6.51. The van der Waals surface area contributed by atoms with Crippen LogP contribution in [0.1, 0.15) is 16.7 Å². The first-order valence-corrected chi connectivity index (χ1v) is 7.01. The fourth-order valence-corrected chi connectivity index (χ4v) is 2.75. The molecule has 25 heavy (non-hydrogen) atoms. The van der Waals surface area contributed by atoms with Crippen molar-refractivity contribution in [2.45, 2.75) is 19.3 Å². The maximum Gasteiger partial charge on any atom is 1.00 e. The number of rotatable bonds is 1. The Hall–Kier alpha value is -1.77. The molecule has 3 aromatic rings. The van der Waals surface area contributed by atoms with E-state index in [1.165, 1.54) is 6.07 Å². The molecule has 0 unspecified atom stereocenters. The van der Waals surface area contributed by atoms with Crippen molar-refractivity contribution < 1.29 is 45.2 Å². The number of halogens is 6. The molecule has 0 saturated heterocycles. The second-order valence-electron chi connectivity index (χ2n) is 5.64. The Morgan fingerprint density at radius 1 is 0.800 bits per heavy atom. The molecule has 3 aromatic carbocycles. The zero-order valence-corrected chi connectivity index (χ0v) is 13.4. The van der Waals surface area contributed by atoms with E-state index in [1.54, 1.807) is 18.2 Å². The fraction of sp³-hybridized carbons (Fsp3) is 0.167. The second-order valence-corrected chi connectivity index (χ2v) is 5.64. The quantitative estimate of drug-likeness (QED) is 0.358. The van der Waals surface area contributed by atoms with Gasteiger partial charge in [0.25, 0.3) is 0 Å². The van der Waals surface area contributed by atoms with Crippen LogP contribution in [0.25, 0.3) is 21.9 Å². The van der Waals surface area contributed by atoms with Gasteiger partial charge >= 0.3 is 31.2 Å². The number of hydrogen-bond donors (Lipinski definition) is 0. The van der Waals surface area contributed by atoms with E-state index in [1.807, 2.05) is 13.0 Å². The SMILES string of the molecule is Cc1cc2c(-c3cc(C(F)(F)F)cc(C(F)(F)F)c3)cccc2[cH-]1.[Li+]. The van der Waals surface area contributed by atoms with Gasteiger partial charge in [-0.1, -0.05) is 18.6 Å². The van der Waals surface area contributed by atoms with Crippen LogP contribution in [0, 0.1) is 6.92 Å². The van der Waals surface area contributed by atoms with Gasteiger partial charge in [0.1, 0.15) is 0 Å². The van der Waals surface area contributed by atoms with E-state index in [0.29, 0.717) is 10.9 Å². The molecular formula is C18H11F6Li. The van der Waals surface area contributed by atoms with Gasteiger partial charge in [-0.3, -0.25) is 0 Å². The maximum atomic E-state index is 13.0. The molecule has 0 bridgehead atoms. The summed E-state index contributed by atoms with van der Waals surface area (Å²) in [5.41, 5.74) is -1.49. The molecule has 0 aliphatic rings. The van der Waals surface area contributed by atoms with Crippen LogP contribution in [-0.2, 0) is 12.4 Å². The first-order valence-electron chi connectivity index (χ1n) is 7.01. The van der Waals surface area contributed by atoms with E-state index in [0.717, 1.165) is 23.1 Å². The van der Waals surface area contributed by atoms with Gasteiger partial charge in [-0.15, -0.1) is 34.5 Å². The van der Waals surface area contributed by atoms with Crippen molar-refractivity contribution >= 4 is 10.8 Å². The molecular weight excluding hydrogens is 337 g/mol. The van der Waals surface area contributed by atoms with Crippen molar-refractivity contribution in [3.63, 3.8) is 0 Å². The van der Waals surface area contributed by atoms with Crippen molar-refractivity contribution in [1.82, 2.24) is 0 Å². The summed E-state index contributed by atoms with van der Waals surface area (Å²) < 4.78 is 78.0. The third kappa shape index (κ3) is 3.91.